The summed E-state index contributed by atoms with van der Waals surface area (Å²) in [7, 11) is 0. The predicted molar refractivity (Wildman–Crippen MR) is 80.2 cm³/mol. The SMILES string of the molecule is Cc1cccc(CN(CC2CC2)CC2CCCN2)c1. The van der Waals surface area contributed by atoms with E-state index >= 15 is 0 Å². The van der Waals surface area contributed by atoms with Gasteiger partial charge in [-0.2, -0.15) is 0 Å². The zero-order valence-electron chi connectivity index (χ0n) is 12.1. The number of benzene rings is 1. The van der Waals surface area contributed by atoms with Gasteiger partial charge in [0, 0.05) is 25.7 Å². The van der Waals surface area contributed by atoms with E-state index in [1.165, 1.54) is 56.4 Å². The second-order valence-corrected chi connectivity index (χ2v) is 6.42. The van der Waals surface area contributed by atoms with Gasteiger partial charge in [0.05, 0.1) is 0 Å². The van der Waals surface area contributed by atoms with Crippen molar-refractivity contribution in [3.63, 3.8) is 0 Å². The smallest absolute Gasteiger partial charge is 0.0234 e. The normalized spacial score (nSPS) is 23.2. The molecule has 1 N–H and O–H groups in total. The van der Waals surface area contributed by atoms with Crippen LogP contribution in [-0.4, -0.2) is 30.6 Å². The van der Waals surface area contributed by atoms with E-state index in [-0.39, 0.29) is 0 Å². The zero-order chi connectivity index (χ0) is 13.1. The van der Waals surface area contributed by atoms with Crippen molar-refractivity contribution in [1.29, 1.82) is 0 Å². The van der Waals surface area contributed by atoms with Crippen LogP contribution in [0.3, 0.4) is 0 Å². The van der Waals surface area contributed by atoms with Gasteiger partial charge in [-0.3, -0.25) is 4.90 Å². The standard InChI is InChI=1S/C17H26N2/c1-14-4-2-5-16(10-14)12-19(11-15-7-8-15)13-17-6-3-9-18-17/h2,4-5,10,15,17-18H,3,6-9,11-13H2,1H3. The molecule has 104 valence electrons. The average molecular weight is 258 g/mol. The fraction of sp³-hybridized carbons (Fsp3) is 0.647. The minimum absolute atomic E-state index is 0.726. The monoisotopic (exact) mass is 258 g/mol. The summed E-state index contributed by atoms with van der Waals surface area (Å²) >= 11 is 0. The van der Waals surface area contributed by atoms with E-state index < -0.39 is 0 Å². The quantitative estimate of drug-likeness (QED) is 0.844. The predicted octanol–water partition coefficient (Wildman–Crippen LogP) is 2.96. The molecule has 0 spiro atoms. The van der Waals surface area contributed by atoms with Crippen LogP contribution in [0.5, 0.6) is 0 Å². The fourth-order valence-electron chi connectivity index (χ4n) is 3.16. The largest absolute Gasteiger partial charge is 0.313 e. The molecule has 3 rings (SSSR count). The molecule has 1 unspecified atom stereocenters. The molecule has 1 atom stereocenters. The Bertz CT molecular complexity index is 405. The van der Waals surface area contributed by atoms with Crippen molar-refractivity contribution in [2.75, 3.05) is 19.6 Å². The van der Waals surface area contributed by atoms with Crippen LogP contribution in [0.1, 0.15) is 36.8 Å². The van der Waals surface area contributed by atoms with E-state index in [0.29, 0.717) is 0 Å². The van der Waals surface area contributed by atoms with E-state index in [4.69, 9.17) is 0 Å². The fourth-order valence-corrected chi connectivity index (χ4v) is 3.16. The van der Waals surface area contributed by atoms with Gasteiger partial charge in [0.15, 0.2) is 0 Å². The molecule has 2 fully saturated rings. The highest BCUT2D eigenvalue weighted by atomic mass is 15.2. The van der Waals surface area contributed by atoms with Gasteiger partial charge in [0.25, 0.3) is 0 Å². The third-order valence-electron chi connectivity index (χ3n) is 4.34. The van der Waals surface area contributed by atoms with Gasteiger partial charge in [-0.1, -0.05) is 29.8 Å². The van der Waals surface area contributed by atoms with E-state index in [0.717, 1.165) is 18.5 Å². The first-order valence-corrected chi connectivity index (χ1v) is 7.81. The number of aryl methyl sites for hydroxylation is 1. The summed E-state index contributed by atoms with van der Waals surface area (Å²) in [6, 6.07) is 9.71. The Balaban J connectivity index is 1.60. The second-order valence-electron chi connectivity index (χ2n) is 6.42. The van der Waals surface area contributed by atoms with Gasteiger partial charge >= 0.3 is 0 Å². The molecular formula is C17H26N2. The lowest BCUT2D eigenvalue weighted by Crippen LogP contribution is -2.38. The zero-order valence-corrected chi connectivity index (χ0v) is 12.1. The van der Waals surface area contributed by atoms with Crippen LogP contribution in [0, 0.1) is 12.8 Å². The van der Waals surface area contributed by atoms with Crippen LogP contribution in [0.4, 0.5) is 0 Å². The Hall–Kier alpha value is -0.860. The van der Waals surface area contributed by atoms with Crippen LogP contribution in [0.25, 0.3) is 0 Å². The van der Waals surface area contributed by atoms with Crippen LogP contribution in [-0.2, 0) is 6.54 Å². The molecule has 19 heavy (non-hydrogen) atoms. The summed E-state index contributed by atoms with van der Waals surface area (Å²) in [5.41, 5.74) is 2.85. The van der Waals surface area contributed by atoms with Crippen molar-refractivity contribution in [3.05, 3.63) is 35.4 Å². The van der Waals surface area contributed by atoms with E-state index in [1.807, 2.05) is 0 Å². The lowest BCUT2D eigenvalue weighted by atomic mass is 10.1. The molecule has 1 aromatic rings. The summed E-state index contributed by atoms with van der Waals surface area (Å²) in [5, 5.41) is 3.64. The van der Waals surface area contributed by atoms with Crippen molar-refractivity contribution in [2.45, 2.75) is 45.2 Å². The van der Waals surface area contributed by atoms with Gasteiger partial charge in [-0.25, -0.2) is 0 Å². The topological polar surface area (TPSA) is 15.3 Å². The van der Waals surface area contributed by atoms with Crippen LogP contribution < -0.4 is 5.32 Å². The molecule has 0 aromatic heterocycles. The maximum absolute atomic E-state index is 3.64. The molecule has 1 aromatic carbocycles. The minimum Gasteiger partial charge on any atom is -0.313 e. The summed E-state index contributed by atoms with van der Waals surface area (Å²) in [5.74, 6) is 0.978. The lowest BCUT2D eigenvalue weighted by molar-refractivity contribution is 0.232. The number of hydrogen-bond acceptors (Lipinski definition) is 2. The molecule has 2 nitrogen and oxygen atoms in total. The minimum atomic E-state index is 0.726. The molecule has 1 saturated heterocycles. The first-order valence-electron chi connectivity index (χ1n) is 7.81. The second kappa shape index (κ2) is 6.06. The molecule has 0 bridgehead atoms. The highest BCUT2D eigenvalue weighted by Crippen LogP contribution is 2.30. The molecule has 1 saturated carbocycles. The van der Waals surface area contributed by atoms with Gasteiger partial charge in [0.1, 0.15) is 0 Å². The summed E-state index contributed by atoms with van der Waals surface area (Å²) in [6.45, 7) is 7.05. The Morgan fingerprint density at radius 1 is 1.21 bits per heavy atom. The van der Waals surface area contributed by atoms with Crippen molar-refractivity contribution in [1.82, 2.24) is 10.2 Å². The molecule has 2 aliphatic rings. The maximum Gasteiger partial charge on any atom is 0.0234 e. The van der Waals surface area contributed by atoms with E-state index in [1.54, 1.807) is 0 Å². The van der Waals surface area contributed by atoms with Crippen molar-refractivity contribution in [2.24, 2.45) is 5.92 Å². The van der Waals surface area contributed by atoms with Crippen LogP contribution in [0.2, 0.25) is 0 Å². The molecule has 1 aliphatic heterocycles. The summed E-state index contributed by atoms with van der Waals surface area (Å²) < 4.78 is 0. The molecule has 0 amide bonds. The summed E-state index contributed by atoms with van der Waals surface area (Å²) in [6.07, 6.45) is 5.60. The first-order chi connectivity index (χ1) is 9.29. The third kappa shape index (κ3) is 4.05. The average Bonchev–Trinajstić information content (AvgIpc) is 3.03. The number of hydrogen-bond donors (Lipinski definition) is 1. The highest BCUT2D eigenvalue weighted by Gasteiger charge is 2.26. The highest BCUT2D eigenvalue weighted by molar-refractivity contribution is 5.22. The lowest BCUT2D eigenvalue weighted by Gasteiger charge is -2.26. The van der Waals surface area contributed by atoms with Gasteiger partial charge < -0.3 is 5.32 Å². The van der Waals surface area contributed by atoms with Crippen LogP contribution in [0.15, 0.2) is 24.3 Å². The van der Waals surface area contributed by atoms with Crippen LogP contribution >= 0.6 is 0 Å². The Morgan fingerprint density at radius 3 is 2.79 bits per heavy atom. The number of rotatable bonds is 6. The summed E-state index contributed by atoms with van der Waals surface area (Å²) in [4.78, 5) is 2.68. The van der Waals surface area contributed by atoms with Crippen molar-refractivity contribution in [3.8, 4) is 0 Å². The van der Waals surface area contributed by atoms with E-state index in [9.17, 15) is 0 Å². The number of nitrogens with zero attached hydrogens (tertiary/aromatic N) is 1. The van der Waals surface area contributed by atoms with E-state index in [2.05, 4.69) is 41.4 Å². The van der Waals surface area contributed by atoms with Gasteiger partial charge in [0.2, 0.25) is 0 Å². The molecular weight excluding hydrogens is 232 g/mol. The third-order valence-corrected chi connectivity index (χ3v) is 4.34. The van der Waals surface area contributed by atoms with Crippen molar-refractivity contribution >= 4 is 0 Å². The Morgan fingerprint density at radius 2 is 2.11 bits per heavy atom. The van der Waals surface area contributed by atoms with Crippen molar-refractivity contribution < 1.29 is 0 Å². The molecule has 1 heterocycles. The Labute approximate surface area is 117 Å². The maximum atomic E-state index is 3.64. The molecule has 2 heteroatoms. The Kier molecular flexibility index (Phi) is 4.19. The number of nitrogens with one attached hydrogen (secondary N) is 1. The van der Waals surface area contributed by atoms with Gasteiger partial charge in [-0.05, 0) is 50.6 Å². The molecule has 0 radical (unpaired) electrons. The molecule has 1 aliphatic carbocycles. The van der Waals surface area contributed by atoms with Gasteiger partial charge in [-0.15, -0.1) is 0 Å². The first kappa shape index (κ1) is 13.1.